The molecule has 1 unspecified atom stereocenters. The van der Waals surface area contributed by atoms with Gasteiger partial charge in [0.05, 0.1) is 6.10 Å². The van der Waals surface area contributed by atoms with E-state index in [0.29, 0.717) is 29.7 Å². The molecule has 1 amide bonds. The fraction of sp³-hybridized carbons (Fsp3) is 0.438. The highest BCUT2D eigenvalue weighted by Gasteiger charge is 2.26. The molecular formula is C16H19FN2O2. The SMILES string of the molecule is CC(O)C1CCN(C(=O)c2cc3c(F)cccc3[nH]2)CC1. The fourth-order valence-electron chi connectivity index (χ4n) is 2.99. The average Bonchev–Trinajstić information content (AvgIpc) is 2.92. The second kappa shape index (κ2) is 5.48. The van der Waals surface area contributed by atoms with Gasteiger partial charge in [-0.2, -0.15) is 0 Å². The highest BCUT2D eigenvalue weighted by molar-refractivity contribution is 5.98. The van der Waals surface area contributed by atoms with Crippen LogP contribution in [0.5, 0.6) is 0 Å². The number of nitrogens with one attached hydrogen (secondary N) is 1. The van der Waals surface area contributed by atoms with Crippen molar-refractivity contribution in [2.24, 2.45) is 5.92 Å². The minimum atomic E-state index is -0.329. The molecule has 0 saturated carbocycles. The predicted molar refractivity (Wildman–Crippen MR) is 78.6 cm³/mol. The van der Waals surface area contributed by atoms with Gasteiger partial charge in [-0.15, -0.1) is 0 Å². The van der Waals surface area contributed by atoms with Crippen LogP contribution in [0.25, 0.3) is 10.9 Å². The molecule has 0 bridgehead atoms. The Kier molecular flexibility index (Phi) is 3.68. The van der Waals surface area contributed by atoms with Crippen molar-refractivity contribution >= 4 is 16.8 Å². The molecule has 2 N–H and O–H groups in total. The zero-order chi connectivity index (χ0) is 15.0. The lowest BCUT2D eigenvalue weighted by atomic mass is 9.92. The quantitative estimate of drug-likeness (QED) is 0.893. The zero-order valence-corrected chi connectivity index (χ0v) is 12.0. The van der Waals surface area contributed by atoms with E-state index in [9.17, 15) is 14.3 Å². The molecule has 1 aliphatic rings. The Hall–Kier alpha value is -1.88. The van der Waals surface area contributed by atoms with Crippen LogP contribution in [0.2, 0.25) is 0 Å². The Morgan fingerprint density at radius 1 is 1.43 bits per heavy atom. The summed E-state index contributed by atoms with van der Waals surface area (Å²) in [5, 5.41) is 10.0. The second-order valence-electron chi connectivity index (χ2n) is 5.75. The van der Waals surface area contributed by atoms with Crippen LogP contribution in [0.3, 0.4) is 0 Å². The van der Waals surface area contributed by atoms with Crippen LogP contribution in [-0.4, -0.2) is 40.1 Å². The first-order valence-corrected chi connectivity index (χ1v) is 7.31. The summed E-state index contributed by atoms with van der Waals surface area (Å²) in [6.07, 6.45) is 1.28. The van der Waals surface area contributed by atoms with E-state index in [-0.39, 0.29) is 23.7 Å². The van der Waals surface area contributed by atoms with Crippen LogP contribution < -0.4 is 0 Å². The molecule has 1 aromatic heterocycles. The molecular weight excluding hydrogens is 271 g/mol. The molecule has 0 radical (unpaired) electrons. The predicted octanol–water partition coefficient (Wildman–Crippen LogP) is 2.54. The van der Waals surface area contributed by atoms with Gasteiger partial charge in [-0.05, 0) is 43.9 Å². The van der Waals surface area contributed by atoms with Gasteiger partial charge in [-0.25, -0.2) is 4.39 Å². The maximum atomic E-state index is 13.7. The Labute approximate surface area is 122 Å². The van der Waals surface area contributed by atoms with Crippen LogP contribution in [-0.2, 0) is 0 Å². The standard InChI is InChI=1S/C16H19FN2O2/c1-10(20)11-5-7-19(8-6-11)16(21)15-9-12-13(17)3-2-4-14(12)18-15/h2-4,9-11,18,20H,5-8H2,1H3. The summed E-state index contributed by atoms with van der Waals surface area (Å²) in [6, 6.07) is 6.34. The lowest BCUT2D eigenvalue weighted by molar-refractivity contribution is 0.0518. The number of piperidine rings is 1. The van der Waals surface area contributed by atoms with Crippen molar-refractivity contribution in [3.8, 4) is 0 Å². The van der Waals surface area contributed by atoms with Crippen LogP contribution in [0.4, 0.5) is 4.39 Å². The molecule has 1 aromatic carbocycles. The number of aliphatic hydroxyl groups is 1. The molecule has 2 aromatic rings. The molecule has 2 heterocycles. The van der Waals surface area contributed by atoms with Crippen molar-refractivity contribution in [1.29, 1.82) is 0 Å². The van der Waals surface area contributed by atoms with Crippen LogP contribution >= 0.6 is 0 Å². The third kappa shape index (κ3) is 2.65. The van der Waals surface area contributed by atoms with Gasteiger partial charge >= 0.3 is 0 Å². The first-order valence-electron chi connectivity index (χ1n) is 7.31. The number of halogens is 1. The number of rotatable bonds is 2. The Bertz CT molecular complexity index is 657. The first-order chi connectivity index (χ1) is 10.1. The number of hydrogen-bond donors (Lipinski definition) is 2. The van der Waals surface area contributed by atoms with Crippen molar-refractivity contribution in [1.82, 2.24) is 9.88 Å². The summed E-state index contributed by atoms with van der Waals surface area (Å²) < 4.78 is 13.7. The molecule has 3 rings (SSSR count). The maximum Gasteiger partial charge on any atom is 0.270 e. The Balaban J connectivity index is 1.77. The average molecular weight is 290 g/mol. The van der Waals surface area contributed by atoms with Gasteiger partial charge in [0.15, 0.2) is 0 Å². The van der Waals surface area contributed by atoms with Gasteiger partial charge in [-0.1, -0.05) is 6.07 Å². The van der Waals surface area contributed by atoms with Crippen LogP contribution in [0.15, 0.2) is 24.3 Å². The summed E-state index contributed by atoms with van der Waals surface area (Å²) in [6.45, 7) is 3.06. The molecule has 1 atom stereocenters. The van der Waals surface area contributed by atoms with Crippen LogP contribution in [0.1, 0.15) is 30.3 Å². The van der Waals surface area contributed by atoms with Crippen molar-refractivity contribution in [2.45, 2.75) is 25.9 Å². The number of aromatic nitrogens is 1. The van der Waals surface area contributed by atoms with Gasteiger partial charge in [0.25, 0.3) is 5.91 Å². The molecule has 1 aliphatic heterocycles. The molecule has 0 aliphatic carbocycles. The first kappa shape index (κ1) is 14.1. The van der Waals surface area contributed by atoms with Gasteiger partial charge in [0.2, 0.25) is 0 Å². The van der Waals surface area contributed by atoms with Gasteiger partial charge in [0, 0.05) is 24.0 Å². The number of likely N-dealkylation sites (tertiary alicyclic amines) is 1. The lowest BCUT2D eigenvalue weighted by Gasteiger charge is -2.33. The lowest BCUT2D eigenvalue weighted by Crippen LogP contribution is -2.40. The summed E-state index contributed by atoms with van der Waals surface area (Å²) in [5.41, 5.74) is 1.06. The number of benzene rings is 1. The van der Waals surface area contributed by atoms with E-state index >= 15 is 0 Å². The topological polar surface area (TPSA) is 56.3 Å². The van der Waals surface area contributed by atoms with E-state index in [1.54, 1.807) is 30.0 Å². The normalized spacial score (nSPS) is 18.1. The molecule has 0 spiro atoms. The number of hydrogen-bond acceptors (Lipinski definition) is 2. The van der Waals surface area contributed by atoms with Gasteiger partial charge < -0.3 is 15.0 Å². The molecule has 21 heavy (non-hydrogen) atoms. The van der Waals surface area contributed by atoms with E-state index in [1.165, 1.54) is 6.07 Å². The monoisotopic (exact) mass is 290 g/mol. The number of H-pyrrole nitrogens is 1. The highest BCUT2D eigenvalue weighted by atomic mass is 19.1. The highest BCUT2D eigenvalue weighted by Crippen LogP contribution is 2.24. The summed E-state index contributed by atoms with van der Waals surface area (Å²) in [7, 11) is 0. The Morgan fingerprint density at radius 2 is 2.14 bits per heavy atom. The van der Waals surface area contributed by atoms with Crippen molar-refractivity contribution < 1.29 is 14.3 Å². The fourth-order valence-corrected chi connectivity index (χ4v) is 2.99. The van der Waals surface area contributed by atoms with E-state index in [4.69, 9.17) is 0 Å². The summed E-state index contributed by atoms with van der Waals surface area (Å²) in [5.74, 6) is -0.167. The number of aromatic amines is 1. The van der Waals surface area contributed by atoms with Crippen LogP contribution in [0, 0.1) is 11.7 Å². The number of nitrogens with zero attached hydrogens (tertiary/aromatic N) is 1. The summed E-state index contributed by atoms with van der Waals surface area (Å²) in [4.78, 5) is 17.2. The minimum absolute atomic E-state index is 0.102. The molecule has 5 heteroatoms. The number of carbonyl (C=O) groups excluding carboxylic acids is 1. The molecule has 1 saturated heterocycles. The number of amides is 1. The van der Waals surface area contributed by atoms with E-state index in [0.717, 1.165) is 12.8 Å². The second-order valence-corrected chi connectivity index (χ2v) is 5.75. The largest absolute Gasteiger partial charge is 0.393 e. The molecule has 4 nitrogen and oxygen atoms in total. The third-order valence-corrected chi connectivity index (χ3v) is 4.35. The zero-order valence-electron chi connectivity index (χ0n) is 12.0. The van der Waals surface area contributed by atoms with Gasteiger partial charge in [0.1, 0.15) is 11.5 Å². The van der Waals surface area contributed by atoms with E-state index < -0.39 is 0 Å². The number of carbonyl (C=O) groups is 1. The van der Waals surface area contributed by atoms with Gasteiger partial charge in [-0.3, -0.25) is 4.79 Å². The smallest absolute Gasteiger partial charge is 0.270 e. The van der Waals surface area contributed by atoms with E-state index in [2.05, 4.69) is 4.98 Å². The number of fused-ring (bicyclic) bond motifs is 1. The van der Waals surface area contributed by atoms with Crippen molar-refractivity contribution in [3.05, 3.63) is 35.8 Å². The maximum absolute atomic E-state index is 13.7. The molecule has 112 valence electrons. The summed E-state index contributed by atoms with van der Waals surface area (Å²) >= 11 is 0. The third-order valence-electron chi connectivity index (χ3n) is 4.35. The Morgan fingerprint density at radius 3 is 2.76 bits per heavy atom. The molecule has 1 fully saturated rings. The van der Waals surface area contributed by atoms with Crippen molar-refractivity contribution in [3.63, 3.8) is 0 Å². The minimum Gasteiger partial charge on any atom is -0.393 e. The van der Waals surface area contributed by atoms with Crippen molar-refractivity contribution in [2.75, 3.05) is 13.1 Å². The van der Waals surface area contributed by atoms with E-state index in [1.807, 2.05) is 0 Å². The number of aliphatic hydroxyl groups excluding tert-OH is 1.